The summed E-state index contributed by atoms with van der Waals surface area (Å²) in [4.78, 5) is 0. The largest absolute Gasteiger partial charge is 0.323 e. The molecule has 0 heterocycles. The molecule has 2 N–H and O–H groups in total. The summed E-state index contributed by atoms with van der Waals surface area (Å²) in [6, 6.07) is 10.1. The third kappa shape index (κ3) is 3.91. The molecular formula is C12H17ClN2. The van der Waals surface area contributed by atoms with Crippen LogP contribution in [-0.4, -0.2) is 0 Å². The molecule has 82 valence electrons. The summed E-state index contributed by atoms with van der Waals surface area (Å²) >= 11 is 0. The predicted molar refractivity (Wildman–Crippen MR) is 64.9 cm³/mol. The van der Waals surface area contributed by atoms with Crippen molar-refractivity contribution in [3.63, 3.8) is 0 Å². The summed E-state index contributed by atoms with van der Waals surface area (Å²) in [6.45, 7) is 4.31. The number of benzene rings is 1. The monoisotopic (exact) mass is 224 g/mol. The van der Waals surface area contributed by atoms with Crippen molar-refractivity contribution in [3.05, 3.63) is 35.4 Å². The Morgan fingerprint density at radius 2 is 1.67 bits per heavy atom. The van der Waals surface area contributed by atoms with Gasteiger partial charge in [-0.15, -0.1) is 12.4 Å². The van der Waals surface area contributed by atoms with Gasteiger partial charge in [0.1, 0.15) is 0 Å². The topological polar surface area (TPSA) is 49.8 Å². The minimum atomic E-state index is -0.152. The van der Waals surface area contributed by atoms with E-state index in [9.17, 15) is 0 Å². The summed E-state index contributed by atoms with van der Waals surface area (Å²) in [5.74, 6) is 0.538. The maximum Gasteiger partial charge on any atom is 0.0641 e. The van der Waals surface area contributed by atoms with E-state index in [-0.39, 0.29) is 18.4 Å². The van der Waals surface area contributed by atoms with E-state index >= 15 is 0 Å². The first kappa shape index (κ1) is 14.0. The van der Waals surface area contributed by atoms with Gasteiger partial charge in [-0.25, -0.2) is 0 Å². The second-order valence-corrected chi connectivity index (χ2v) is 3.79. The van der Waals surface area contributed by atoms with E-state index < -0.39 is 0 Å². The van der Waals surface area contributed by atoms with E-state index in [0.29, 0.717) is 12.3 Å². The summed E-state index contributed by atoms with van der Waals surface area (Å²) in [5.41, 5.74) is 8.15. The fourth-order valence-electron chi connectivity index (χ4n) is 1.34. The molecule has 0 fully saturated rings. The van der Waals surface area contributed by atoms with Gasteiger partial charge in [0.05, 0.1) is 12.5 Å². The average molecular weight is 225 g/mol. The zero-order valence-electron chi connectivity index (χ0n) is 9.10. The number of nitriles is 1. The van der Waals surface area contributed by atoms with Crippen molar-refractivity contribution in [1.29, 1.82) is 5.26 Å². The Balaban J connectivity index is 0.00000196. The first-order chi connectivity index (χ1) is 6.65. The van der Waals surface area contributed by atoms with Crippen LogP contribution in [0.3, 0.4) is 0 Å². The second-order valence-electron chi connectivity index (χ2n) is 3.79. The first-order valence-corrected chi connectivity index (χ1v) is 4.87. The highest BCUT2D eigenvalue weighted by Gasteiger charge is 2.05. The van der Waals surface area contributed by atoms with E-state index in [1.54, 1.807) is 0 Å². The summed E-state index contributed by atoms with van der Waals surface area (Å²) in [7, 11) is 0. The van der Waals surface area contributed by atoms with Crippen molar-refractivity contribution < 1.29 is 0 Å². The van der Waals surface area contributed by atoms with Crippen molar-refractivity contribution in [2.45, 2.75) is 32.2 Å². The lowest BCUT2D eigenvalue weighted by atomic mass is 9.98. The normalized spacial score (nSPS) is 11.7. The predicted octanol–water partition coefficient (Wildman–Crippen LogP) is 3.15. The lowest BCUT2D eigenvalue weighted by molar-refractivity contribution is 0.746. The van der Waals surface area contributed by atoms with Gasteiger partial charge in [-0.3, -0.25) is 0 Å². The molecule has 1 aromatic rings. The molecule has 0 aliphatic carbocycles. The van der Waals surface area contributed by atoms with Gasteiger partial charge in [0.25, 0.3) is 0 Å². The smallest absolute Gasteiger partial charge is 0.0641 e. The van der Waals surface area contributed by atoms with Gasteiger partial charge in [0.2, 0.25) is 0 Å². The van der Waals surface area contributed by atoms with Gasteiger partial charge in [0.15, 0.2) is 0 Å². The van der Waals surface area contributed by atoms with Crippen LogP contribution in [0.4, 0.5) is 0 Å². The van der Waals surface area contributed by atoms with Crippen LogP contribution in [-0.2, 0) is 0 Å². The molecule has 0 aliphatic heterocycles. The molecule has 0 unspecified atom stereocenters. The van der Waals surface area contributed by atoms with E-state index in [1.165, 1.54) is 5.56 Å². The Bertz CT molecular complexity index is 324. The summed E-state index contributed by atoms with van der Waals surface area (Å²) < 4.78 is 0. The first-order valence-electron chi connectivity index (χ1n) is 4.87. The SMILES string of the molecule is CC(C)c1ccc([C@H](N)CC#N)cc1.Cl. The van der Waals surface area contributed by atoms with Gasteiger partial charge in [-0.05, 0) is 17.0 Å². The lowest BCUT2D eigenvalue weighted by Crippen LogP contribution is -2.09. The Labute approximate surface area is 97.5 Å². The number of halogens is 1. The third-order valence-electron chi connectivity index (χ3n) is 2.34. The van der Waals surface area contributed by atoms with Crippen molar-refractivity contribution >= 4 is 12.4 Å². The second kappa shape index (κ2) is 6.44. The molecule has 1 rings (SSSR count). The number of hydrogen-bond donors (Lipinski definition) is 1. The minimum absolute atomic E-state index is 0. The highest BCUT2D eigenvalue weighted by molar-refractivity contribution is 5.85. The van der Waals surface area contributed by atoms with Gasteiger partial charge < -0.3 is 5.73 Å². The number of nitrogens with two attached hydrogens (primary N) is 1. The van der Waals surface area contributed by atoms with Crippen molar-refractivity contribution in [3.8, 4) is 6.07 Å². The molecule has 1 aromatic carbocycles. The van der Waals surface area contributed by atoms with Crippen LogP contribution in [0.15, 0.2) is 24.3 Å². The van der Waals surface area contributed by atoms with E-state index in [1.807, 2.05) is 12.1 Å². The Morgan fingerprint density at radius 3 is 2.07 bits per heavy atom. The zero-order valence-corrected chi connectivity index (χ0v) is 9.92. The molecule has 3 heteroatoms. The summed E-state index contributed by atoms with van der Waals surface area (Å²) in [6.07, 6.45) is 0.376. The average Bonchev–Trinajstić information content (AvgIpc) is 2.18. The standard InChI is InChI=1S/C12H16N2.ClH/c1-9(2)10-3-5-11(6-4-10)12(14)7-8-13;/h3-6,9,12H,7,14H2,1-2H3;1H/t12-;/m1./s1. The maximum atomic E-state index is 8.51. The molecule has 0 bridgehead atoms. The highest BCUT2D eigenvalue weighted by atomic mass is 35.5. The number of nitrogens with zero attached hydrogens (tertiary/aromatic N) is 1. The van der Waals surface area contributed by atoms with Crippen LogP contribution in [0.25, 0.3) is 0 Å². The maximum absolute atomic E-state index is 8.51. The fraction of sp³-hybridized carbons (Fsp3) is 0.417. The number of hydrogen-bond acceptors (Lipinski definition) is 2. The number of rotatable bonds is 3. The molecule has 0 amide bonds. The molecule has 15 heavy (non-hydrogen) atoms. The van der Waals surface area contributed by atoms with E-state index in [0.717, 1.165) is 5.56 Å². The van der Waals surface area contributed by atoms with Crippen LogP contribution in [0.5, 0.6) is 0 Å². The molecule has 0 radical (unpaired) electrons. The van der Waals surface area contributed by atoms with Crippen LogP contribution in [0, 0.1) is 11.3 Å². The van der Waals surface area contributed by atoms with Crippen LogP contribution < -0.4 is 5.73 Å². The molecule has 0 aromatic heterocycles. The molecule has 0 saturated heterocycles. The van der Waals surface area contributed by atoms with E-state index in [4.69, 9.17) is 11.0 Å². The lowest BCUT2D eigenvalue weighted by Gasteiger charge is -2.10. The van der Waals surface area contributed by atoms with Gasteiger partial charge in [0, 0.05) is 6.04 Å². The van der Waals surface area contributed by atoms with Gasteiger partial charge in [-0.1, -0.05) is 38.1 Å². The van der Waals surface area contributed by atoms with Gasteiger partial charge in [-0.2, -0.15) is 5.26 Å². The Morgan fingerprint density at radius 1 is 1.20 bits per heavy atom. The van der Waals surface area contributed by atoms with Crippen molar-refractivity contribution in [2.24, 2.45) is 5.73 Å². The van der Waals surface area contributed by atoms with Crippen LogP contribution in [0.2, 0.25) is 0 Å². The van der Waals surface area contributed by atoms with Crippen molar-refractivity contribution in [1.82, 2.24) is 0 Å². The molecule has 0 saturated carbocycles. The molecular weight excluding hydrogens is 208 g/mol. The third-order valence-corrected chi connectivity index (χ3v) is 2.34. The van der Waals surface area contributed by atoms with Gasteiger partial charge >= 0.3 is 0 Å². The fourth-order valence-corrected chi connectivity index (χ4v) is 1.34. The Kier molecular flexibility index (Phi) is 6.00. The zero-order chi connectivity index (χ0) is 10.6. The Hall–Kier alpha value is -1.04. The van der Waals surface area contributed by atoms with Crippen LogP contribution >= 0.6 is 12.4 Å². The summed E-state index contributed by atoms with van der Waals surface area (Å²) in [5, 5.41) is 8.51. The molecule has 1 atom stereocenters. The quantitative estimate of drug-likeness (QED) is 0.858. The molecule has 0 spiro atoms. The molecule has 0 aliphatic rings. The highest BCUT2D eigenvalue weighted by Crippen LogP contribution is 2.18. The molecule has 2 nitrogen and oxygen atoms in total. The van der Waals surface area contributed by atoms with E-state index in [2.05, 4.69) is 32.0 Å². The van der Waals surface area contributed by atoms with Crippen LogP contribution in [0.1, 0.15) is 43.4 Å². The minimum Gasteiger partial charge on any atom is -0.323 e. The van der Waals surface area contributed by atoms with Crippen molar-refractivity contribution in [2.75, 3.05) is 0 Å².